The highest BCUT2D eigenvalue weighted by molar-refractivity contribution is 6.24. The molecule has 0 aliphatic carbocycles. The smallest absolute Gasteiger partial charge is 0.254 e. The van der Waals surface area contributed by atoms with Crippen molar-refractivity contribution in [3.8, 4) is 5.75 Å². The normalized spacial score (nSPS) is 13.8. The number of amides is 1. The molecular weight excluding hydrogens is 346 g/mol. The van der Waals surface area contributed by atoms with Gasteiger partial charge in [0.15, 0.2) is 0 Å². The summed E-state index contributed by atoms with van der Waals surface area (Å²) in [4.78, 5) is 15.4. The Balaban J connectivity index is 1.67. The van der Waals surface area contributed by atoms with E-state index >= 15 is 0 Å². The summed E-state index contributed by atoms with van der Waals surface area (Å²) in [6.45, 7) is 1.39. The molecule has 0 N–H and O–H groups in total. The van der Waals surface area contributed by atoms with Crippen LogP contribution in [0, 0.1) is 0 Å². The third-order valence-electron chi connectivity index (χ3n) is 5.16. The van der Waals surface area contributed by atoms with Gasteiger partial charge >= 0.3 is 0 Å². The molecule has 3 heteroatoms. The first-order valence-corrected chi connectivity index (χ1v) is 9.52. The van der Waals surface area contributed by atoms with Crippen LogP contribution in [0.1, 0.15) is 22.3 Å². The molecule has 1 heterocycles. The molecule has 1 aliphatic rings. The minimum Gasteiger partial charge on any atom is -0.497 e. The first-order chi connectivity index (χ1) is 13.7. The van der Waals surface area contributed by atoms with Crippen LogP contribution in [0.25, 0.3) is 11.6 Å². The average Bonchev–Trinajstić information content (AvgIpc) is 2.77. The summed E-state index contributed by atoms with van der Waals surface area (Å²) < 4.78 is 5.24. The SMILES string of the molecule is COc1ccc(/C=C(/C(=O)N2CCc3ccccc3C2)c2ccccc2)cc1. The van der Waals surface area contributed by atoms with Crippen molar-refractivity contribution in [3.63, 3.8) is 0 Å². The summed E-state index contributed by atoms with van der Waals surface area (Å²) in [5, 5.41) is 0. The molecule has 1 amide bonds. The second-order valence-electron chi connectivity index (χ2n) is 6.94. The van der Waals surface area contributed by atoms with E-state index in [1.165, 1.54) is 11.1 Å². The van der Waals surface area contributed by atoms with Crippen molar-refractivity contribution in [2.75, 3.05) is 13.7 Å². The van der Waals surface area contributed by atoms with Crippen molar-refractivity contribution < 1.29 is 9.53 Å². The number of hydrogen-bond acceptors (Lipinski definition) is 2. The summed E-state index contributed by atoms with van der Waals surface area (Å²) in [6.07, 6.45) is 2.87. The quantitative estimate of drug-likeness (QED) is 0.487. The maximum Gasteiger partial charge on any atom is 0.254 e. The highest BCUT2D eigenvalue weighted by atomic mass is 16.5. The number of rotatable bonds is 4. The van der Waals surface area contributed by atoms with Crippen molar-refractivity contribution in [1.82, 2.24) is 4.90 Å². The third kappa shape index (κ3) is 3.84. The fraction of sp³-hybridized carbons (Fsp3) is 0.160. The fourth-order valence-electron chi connectivity index (χ4n) is 3.59. The highest BCUT2D eigenvalue weighted by Crippen LogP contribution is 2.26. The monoisotopic (exact) mass is 369 g/mol. The molecule has 28 heavy (non-hydrogen) atoms. The molecule has 0 saturated heterocycles. The van der Waals surface area contributed by atoms with E-state index in [4.69, 9.17) is 4.74 Å². The minimum atomic E-state index is 0.0662. The van der Waals surface area contributed by atoms with E-state index in [2.05, 4.69) is 18.2 Å². The van der Waals surface area contributed by atoms with Gasteiger partial charge in [-0.15, -0.1) is 0 Å². The van der Waals surface area contributed by atoms with Gasteiger partial charge in [-0.25, -0.2) is 0 Å². The molecule has 0 spiro atoms. The molecule has 140 valence electrons. The number of carbonyl (C=O) groups excluding carboxylic acids is 1. The van der Waals surface area contributed by atoms with Crippen LogP contribution in [0.5, 0.6) is 5.75 Å². The van der Waals surface area contributed by atoms with Crippen LogP contribution in [-0.2, 0) is 17.8 Å². The van der Waals surface area contributed by atoms with E-state index in [0.717, 1.165) is 29.8 Å². The molecule has 0 radical (unpaired) electrons. The Hall–Kier alpha value is -3.33. The Morgan fingerprint density at radius 3 is 2.29 bits per heavy atom. The molecule has 3 aromatic carbocycles. The van der Waals surface area contributed by atoms with Gasteiger partial charge in [-0.05, 0) is 46.9 Å². The number of methoxy groups -OCH3 is 1. The van der Waals surface area contributed by atoms with Crippen molar-refractivity contribution in [1.29, 1.82) is 0 Å². The molecule has 0 aromatic heterocycles. The molecule has 3 aromatic rings. The zero-order valence-electron chi connectivity index (χ0n) is 16.0. The lowest BCUT2D eigenvalue weighted by molar-refractivity contribution is -0.125. The van der Waals surface area contributed by atoms with E-state index in [1.807, 2.05) is 71.6 Å². The van der Waals surface area contributed by atoms with Crippen LogP contribution < -0.4 is 4.74 Å². The lowest BCUT2D eigenvalue weighted by atomic mass is 9.97. The number of hydrogen-bond donors (Lipinski definition) is 0. The van der Waals surface area contributed by atoms with Crippen molar-refractivity contribution >= 4 is 17.6 Å². The predicted octanol–water partition coefficient (Wildman–Crippen LogP) is 4.82. The molecule has 3 nitrogen and oxygen atoms in total. The zero-order chi connectivity index (χ0) is 19.3. The Labute approximate surface area is 165 Å². The number of carbonyl (C=O) groups is 1. The Bertz CT molecular complexity index is 991. The van der Waals surface area contributed by atoms with Gasteiger partial charge in [0.1, 0.15) is 5.75 Å². The fourth-order valence-corrected chi connectivity index (χ4v) is 3.59. The summed E-state index contributed by atoms with van der Waals surface area (Å²) in [5.41, 5.74) is 5.20. The maximum atomic E-state index is 13.5. The average molecular weight is 369 g/mol. The molecule has 0 saturated carbocycles. The Morgan fingerprint density at radius 1 is 0.893 bits per heavy atom. The van der Waals surface area contributed by atoms with E-state index < -0.39 is 0 Å². The van der Waals surface area contributed by atoms with E-state index in [1.54, 1.807) is 7.11 Å². The first-order valence-electron chi connectivity index (χ1n) is 9.52. The van der Waals surface area contributed by atoms with E-state index in [-0.39, 0.29) is 5.91 Å². The Morgan fingerprint density at radius 2 is 1.57 bits per heavy atom. The van der Waals surface area contributed by atoms with Crippen LogP contribution in [0.4, 0.5) is 0 Å². The molecule has 0 unspecified atom stereocenters. The molecule has 0 atom stereocenters. The van der Waals surface area contributed by atoms with E-state index in [9.17, 15) is 4.79 Å². The van der Waals surface area contributed by atoms with Gasteiger partial charge in [-0.3, -0.25) is 4.79 Å². The second-order valence-corrected chi connectivity index (χ2v) is 6.94. The van der Waals surface area contributed by atoms with Gasteiger partial charge in [0.05, 0.1) is 7.11 Å². The lowest BCUT2D eigenvalue weighted by Crippen LogP contribution is -2.36. The number of benzene rings is 3. The van der Waals surface area contributed by atoms with Crippen LogP contribution in [0.15, 0.2) is 78.9 Å². The zero-order valence-corrected chi connectivity index (χ0v) is 16.0. The van der Waals surface area contributed by atoms with Crippen LogP contribution in [0.3, 0.4) is 0 Å². The minimum absolute atomic E-state index is 0.0662. The molecule has 4 rings (SSSR count). The molecule has 0 bridgehead atoms. The van der Waals surface area contributed by atoms with Gasteiger partial charge in [-0.2, -0.15) is 0 Å². The highest BCUT2D eigenvalue weighted by Gasteiger charge is 2.24. The van der Waals surface area contributed by atoms with Gasteiger partial charge in [0, 0.05) is 18.7 Å². The van der Waals surface area contributed by atoms with Crippen molar-refractivity contribution in [2.45, 2.75) is 13.0 Å². The van der Waals surface area contributed by atoms with Crippen LogP contribution in [-0.4, -0.2) is 24.5 Å². The van der Waals surface area contributed by atoms with Crippen LogP contribution in [0.2, 0.25) is 0 Å². The number of ether oxygens (including phenoxy) is 1. The maximum absolute atomic E-state index is 13.5. The second kappa shape index (κ2) is 8.13. The van der Waals surface area contributed by atoms with E-state index in [0.29, 0.717) is 12.1 Å². The predicted molar refractivity (Wildman–Crippen MR) is 113 cm³/mol. The lowest BCUT2D eigenvalue weighted by Gasteiger charge is -2.29. The van der Waals surface area contributed by atoms with Gasteiger partial charge in [0.2, 0.25) is 0 Å². The summed E-state index contributed by atoms with van der Waals surface area (Å²) >= 11 is 0. The van der Waals surface area contributed by atoms with Gasteiger partial charge in [-0.1, -0.05) is 66.7 Å². The topological polar surface area (TPSA) is 29.5 Å². The third-order valence-corrected chi connectivity index (χ3v) is 5.16. The van der Waals surface area contributed by atoms with Gasteiger partial charge in [0.25, 0.3) is 5.91 Å². The first kappa shape index (κ1) is 18.1. The summed E-state index contributed by atoms with van der Waals surface area (Å²) in [7, 11) is 1.65. The summed E-state index contributed by atoms with van der Waals surface area (Å²) in [5.74, 6) is 0.869. The molecule has 0 fully saturated rings. The van der Waals surface area contributed by atoms with Crippen LogP contribution >= 0.6 is 0 Å². The van der Waals surface area contributed by atoms with Gasteiger partial charge < -0.3 is 9.64 Å². The summed E-state index contributed by atoms with van der Waals surface area (Å²) in [6, 6.07) is 26.0. The standard InChI is InChI=1S/C25H23NO2/c1-28-23-13-11-19(12-14-23)17-24(21-8-3-2-4-9-21)25(27)26-16-15-20-7-5-6-10-22(20)18-26/h2-14,17H,15-16,18H2,1H3/b24-17+. The largest absolute Gasteiger partial charge is 0.497 e. The number of nitrogens with zero attached hydrogens (tertiary/aromatic N) is 1. The van der Waals surface area contributed by atoms with Crippen molar-refractivity contribution in [3.05, 3.63) is 101 Å². The van der Waals surface area contributed by atoms with Crippen molar-refractivity contribution in [2.24, 2.45) is 0 Å². The number of fused-ring (bicyclic) bond motifs is 1. The molecular formula is C25H23NO2. The Kier molecular flexibility index (Phi) is 5.24. The molecule has 1 aliphatic heterocycles.